The van der Waals surface area contributed by atoms with Crippen molar-refractivity contribution in [1.29, 1.82) is 0 Å². The zero-order chi connectivity index (χ0) is 12.1. The van der Waals surface area contributed by atoms with Crippen LogP contribution in [0.5, 0.6) is 0 Å². The molecule has 1 fully saturated rings. The Morgan fingerprint density at radius 2 is 2.24 bits per heavy atom. The lowest BCUT2D eigenvalue weighted by Gasteiger charge is -2.10. The third-order valence-electron chi connectivity index (χ3n) is 2.84. The Balaban J connectivity index is 1.74. The molecule has 1 aromatic rings. The maximum absolute atomic E-state index is 11.6. The molecule has 1 atom stereocenters. The summed E-state index contributed by atoms with van der Waals surface area (Å²) in [7, 11) is 0. The number of hydrogen-bond donors (Lipinski definition) is 2. The summed E-state index contributed by atoms with van der Waals surface area (Å²) < 4.78 is 0. The molecule has 0 radical (unpaired) electrons. The lowest BCUT2D eigenvalue weighted by Crippen LogP contribution is -2.31. The van der Waals surface area contributed by atoms with Crippen LogP contribution in [0.2, 0.25) is 0 Å². The zero-order valence-electron chi connectivity index (χ0n) is 10.0. The number of nitrogens with one attached hydrogen (secondary N) is 2. The maximum atomic E-state index is 11.6. The van der Waals surface area contributed by atoms with E-state index >= 15 is 0 Å². The third-order valence-corrected chi connectivity index (χ3v) is 2.84. The molecule has 4 heteroatoms. The van der Waals surface area contributed by atoms with E-state index in [-0.39, 0.29) is 12.0 Å². The standard InChI is InChI=1S/C13H18N2O2/c1-10-2-4-11(5-3-10)8-13(16)15-17-12-6-7-14-9-12/h2-5,12,14H,6-9H2,1H3,(H,15,16). The summed E-state index contributed by atoms with van der Waals surface area (Å²) in [6.07, 6.45) is 1.42. The van der Waals surface area contributed by atoms with Crippen molar-refractivity contribution in [2.24, 2.45) is 0 Å². The minimum atomic E-state index is -0.0965. The zero-order valence-corrected chi connectivity index (χ0v) is 10.0. The minimum absolute atomic E-state index is 0.0965. The fourth-order valence-electron chi connectivity index (χ4n) is 1.81. The first-order valence-corrected chi connectivity index (χ1v) is 5.95. The summed E-state index contributed by atoms with van der Waals surface area (Å²) in [5.74, 6) is -0.0965. The van der Waals surface area contributed by atoms with E-state index in [1.165, 1.54) is 5.56 Å². The highest BCUT2D eigenvalue weighted by molar-refractivity contribution is 5.77. The molecule has 1 aliphatic heterocycles. The van der Waals surface area contributed by atoms with Gasteiger partial charge in [0.2, 0.25) is 5.91 Å². The van der Waals surface area contributed by atoms with Gasteiger partial charge >= 0.3 is 0 Å². The van der Waals surface area contributed by atoms with Crippen molar-refractivity contribution in [1.82, 2.24) is 10.8 Å². The topological polar surface area (TPSA) is 50.4 Å². The second-order valence-corrected chi connectivity index (χ2v) is 4.42. The Morgan fingerprint density at radius 1 is 1.47 bits per heavy atom. The number of benzene rings is 1. The largest absolute Gasteiger partial charge is 0.314 e. The Morgan fingerprint density at radius 3 is 2.88 bits per heavy atom. The minimum Gasteiger partial charge on any atom is -0.314 e. The number of hydroxylamine groups is 1. The van der Waals surface area contributed by atoms with Crippen LogP contribution < -0.4 is 10.8 Å². The molecule has 2 N–H and O–H groups in total. The smallest absolute Gasteiger partial charge is 0.247 e. The van der Waals surface area contributed by atoms with Crippen molar-refractivity contribution in [2.45, 2.75) is 25.9 Å². The molecule has 1 saturated heterocycles. The van der Waals surface area contributed by atoms with Crippen LogP contribution in [0.15, 0.2) is 24.3 Å². The molecule has 4 nitrogen and oxygen atoms in total. The molecule has 0 saturated carbocycles. The third kappa shape index (κ3) is 3.84. The lowest BCUT2D eigenvalue weighted by atomic mass is 10.1. The highest BCUT2D eigenvalue weighted by Crippen LogP contribution is 2.04. The van der Waals surface area contributed by atoms with Crippen molar-refractivity contribution in [3.63, 3.8) is 0 Å². The molecule has 17 heavy (non-hydrogen) atoms. The van der Waals surface area contributed by atoms with Crippen LogP contribution in [-0.4, -0.2) is 25.1 Å². The molecule has 2 rings (SSSR count). The van der Waals surface area contributed by atoms with Gasteiger partial charge in [0, 0.05) is 6.54 Å². The molecule has 1 unspecified atom stereocenters. The fraction of sp³-hybridized carbons (Fsp3) is 0.462. The molecule has 0 spiro atoms. The number of carbonyl (C=O) groups is 1. The van der Waals surface area contributed by atoms with Gasteiger partial charge in [0.05, 0.1) is 12.5 Å². The van der Waals surface area contributed by atoms with Gasteiger partial charge in [-0.05, 0) is 25.5 Å². The van der Waals surface area contributed by atoms with Gasteiger partial charge in [0.1, 0.15) is 0 Å². The predicted molar refractivity (Wildman–Crippen MR) is 65.4 cm³/mol. The second-order valence-electron chi connectivity index (χ2n) is 4.42. The van der Waals surface area contributed by atoms with E-state index in [2.05, 4.69) is 10.8 Å². The van der Waals surface area contributed by atoms with Gasteiger partial charge in [-0.25, -0.2) is 5.48 Å². The summed E-state index contributed by atoms with van der Waals surface area (Å²) in [5, 5.41) is 3.18. The molecule has 1 aliphatic rings. The Hall–Kier alpha value is -1.39. The Labute approximate surface area is 101 Å². The molecule has 0 aliphatic carbocycles. The molecular formula is C13H18N2O2. The molecule has 1 heterocycles. The number of amides is 1. The molecule has 1 aromatic carbocycles. The first-order chi connectivity index (χ1) is 8.24. The van der Waals surface area contributed by atoms with Crippen LogP contribution in [0.3, 0.4) is 0 Å². The maximum Gasteiger partial charge on any atom is 0.247 e. The number of aryl methyl sites for hydroxylation is 1. The van der Waals surface area contributed by atoms with E-state index in [0.29, 0.717) is 6.42 Å². The summed E-state index contributed by atoms with van der Waals surface area (Å²) in [6.45, 7) is 3.80. The summed E-state index contributed by atoms with van der Waals surface area (Å²) in [5.41, 5.74) is 4.71. The lowest BCUT2D eigenvalue weighted by molar-refractivity contribution is -0.136. The van der Waals surface area contributed by atoms with Gasteiger partial charge in [0.15, 0.2) is 0 Å². The summed E-state index contributed by atoms with van der Waals surface area (Å²) in [6, 6.07) is 7.94. The number of hydrogen-bond acceptors (Lipinski definition) is 3. The van der Waals surface area contributed by atoms with Crippen molar-refractivity contribution in [2.75, 3.05) is 13.1 Å². The normalized spacial score (nSPS) is 19.2. The number of carbonyl (C=O) groups excluding carboxylic acids is 1. The Kier molecular flexibility index (Phi) is 4.12. The average molecular weight is 234 g/mol. The van der Waals surface area contributed by atoms with Crippen LogP contribution in [0.1, 0.15) is 17.5 Å². The van der Waals surface area contributed by atoms with Crippen molar-refractivity contribution >= 4 is 5.91 Å². The quantitative estimate of drug-likeness (QED) is 0.763. The van der Waals surface area contributed by atoms with Crippen LogP contribution >= 0.6 is 0 Å². The first-order valence-electron chi connectivity index (χ1n) is 5.95. The van der Waals surface area contributed by atoms with Crippen molar-refractivity contribution in [3.8, 4) is 0 Å². The molecule has 92 valence electrons. The second kappa shape index (κ2) is 5.80. The fourth-order valence-corrected chi connectivity index (χ4v) is 1.81. The van der Waals surface area contributed by atoms with E-state index in [0.717, 1.165) is 25.1 Å². The van der Waals surface area contributed by atoms with Gasteiger partial charge in [-0.1, -0.05) is 29.8 Å². The van der Waals surface area contributed by atoms with Crippen molar-refractivity contribution in [3.05, 3.63) is 35.4 Å². The molecule has 0 aromatic heterocycles. The van der Waals surface area contributed by atoms with Crippen LogP contribution in [0.4, 0.5) is 0 Å². The van der Waals surface area contributed by atoms with Gasteiger partial charge in [-0.15, -0.1) is 0 Å². The van der Waals surface area contributed by atoms with Gasteiger partial charge in [0.25, 0.3) is 0 Å². The monoisotopic (exact) mass is 234 g/mol. The summed E-state index contributed by atoms with van der Waals surface area (Å²) in [4.78, 5) is 16.9. The van der Waals surface area contributed by atoms with E-state index in [1.54, 1.807) is 0 Å². The van der Waals surface area contributed by atoms with E-state index < -0.39 is 0 Å². The number of rotatable bonds is 4. The van der Waals surface area contributed by atoms with E-state index in [4.69, 9.17) is 4.84 Å². The first kappa shape index (κ1) is 12.1. The predicted octanol–water partition coefficient (Wildman–Crippen LogP) is 0.947. The van der Waals surface area contributed by atoms with Crippen molar-refractivity contribution < 1.29 is 9.63 Å². The van der Waals surface area contributed by atoms with Gasteiger partial charge in [-0.3, -0.25) is 9.63 Å². The SMILES string of the molecule is Cc1ccc(CC(=O)NOC2CCNC2)cc1. The highest BCUT2D eigenvalue weighted by Gasteiger charge is 2.16. The van der Waals surface area contributed by atoms with Gasteiger partial charge < -0.3 is 5.32 Å². The van der Waals surface area contributed by atoms with Crippen LogP contribution in [-0.2, 0) is 16.1 Å². The molecule has 1 amide bonds. The van der Waals surface area contributed by atoms with E-state index in [1.807, 2.05) is 31.2 Å². The van der Waals surface area contributed by atoms with Crippen LogP contribution in [0, 0.1) is 6.92 Å². The highest BCUT2D eigenvalue weighted by atomic mass is 16.7. The average Bonchev–Trinajstić information content (AvgIpc) is 2.83. The van der Waals surface area contributed by atoms with Gasteiger partial charge in [-0.2, -0.15) is 0 Å². The molecular weight excluding hydrogens is 216 g/mol. The Bertz CT molecular complexity index is 370. The van der Waals surface area contributed by atoms with E-state index in [9.17, 15) is 4.79 Å². The van der Waals surface area contributed by atoms with Crippen LogP contribution in [0.25, 0.3) is 0 Å². The molecule has 0 bridgehead atoms. The summed E-state index contributed by atoms with van der Waals surface area (Å²) >= 11 is 0.